The van der Waals surface area contributed by atoms with E-state index in [9.17, 15) is 13.2 Å². The molecular formula is C20H24N2O6S. The molecule has 0 aliphatic rings. The average molecular weight is 420 g/mol. The normalized spacial score (nSPS) is 11.3. The highest BCUT2D eigenvalue weighted by molar-refractivity contribution is 7.89. The number of hydrogen-bond acceptors (Lipinski definition) is 6. The van der Waals surface area contributed by atoms with Gasteiger partial charge in [0.05, 0.1) is 26.2 Å². The number of nitrogens with one attached hydrogen (secondary N) is 2. The van der Waals surface area contributed by atoms with E-state index < -0.39 is 15.9 Å². The predicted molar refractivity (Wildman–Crippen MR) is 111 cm³/mol. The lowest BCUT2D eigenvalue weighted by atomic mass is 10.1. The second-order valence-corrected chi connectivity index (χ2v) is 7.81. The summed E-state index contributed by atoms with van der Waals surface area (Å²) in [6.45, 7) is 1.68. The largest absolute Gasteiger partial charge is 0.496 e. The number of hydrogen-bond donors (Lipinski definition) is 2. The Morgan fingerprint density at radius 2 is 1.59 bits per heavy atom. The van der Waals surface area contributed by atoms with Gasteiger partial charge in [-0.05, 0) is 43.8 Å². The van der Waals surface area contributed by atoms with Crippen molar-refractivity contribution in [1.82, 2.24) is 4.72 Å². The molecule has 1 amide bonds. The highest BCUT2D eigenvalue weighted by atomic mass is 32.2. The van der Waals surface area contributed by atoms with E-state index in [0.29, 0.717) is 34.1 Å². The van der Waals surface area contributed by atoms with Gasteiger partial charge in [0.2, 0.25) is 15.9 Å². The number of ether oxygens (including phenoxy) is 3. The summed E-state index contributed by atoms with van der Waals surface area (Å²) in [6.07, 6.45) is 2.88. The second-order valence-electron chi connectivity index (χ2n) is 5.96. The molecule has 0 radical (unpaired) electrons. The predicted octanol–water partition coefficient (Wildman–Crippen LogP) is 2.58. The van der Waals surface area contributed by atoms with E-state index in [1.807, 2.05) is 0 Å². The van der Waals surface area contributed by atoms with Crippen molar-refractivity contribution in [2.45, 2.75) is 11.8 Å². The van der Waals surface area contributed by atoms with Crippen LogP contribution in [0.15, 0.2) is 41.3 Å². The molecule has 0 aromatic heterocycles. The van der Waals surface area contributed by atoms with Crippen molar-refractivity contribution in [3.63, 3.8) is 0 Å². The van der Waals surface area contributed by atoms with Crippen LogP contribution in [0.4, 0.5) is 5.69 Å². The van der Waals surface area contributed by atoms with Crippen LogP contribution < -0.4 is 24.2 Å². The third-order valence-electron chi connectivity index (χ3n) is 4.16. The molecule has 2 aromatic rings. The Morgan fingerprint density at radius 1 is 0.966 bits per heavy atom. The molecule has 0 aliphatic heterocycles. The van der Waals surface area contributed by atoms with Crippen LogP contribution in [-0.2, 0) is 14.8 Å². The Labute approximate surface area is 170 Å². The summed E-state index contributed by atoms with van der Waals surface area (Å²) in [7, 11) is 2.24. The van der Waals surface area contributed by atoms with Gasteiger partial charge in [-0.15, -0.1) is 0 Å². The van der Waals surface area contributed by atoms with E-state index in [1.165, 1.54) is 40.5 Å². The quantitative estimate of drug-likeness (QED) is 0.637. The van der Waals surface area contributed by atoms with Crippen molar-refractivity contribution < 1.29 is 27.4 Å². The number of carbonyl (C=O) groups excluding carboxylic acids is 1. The maximum absolute atomic E-state index is 12.3. The highest BCUT2D eigenvalue weighted by Crippen LogP contribution is 2.35. The summed E-state index contributed by atoms with van der Waals surface area (Å²) < 4.78 is 42.3. The summed E-state index contributed by atoms with van der Waals surface area (Å²) in [4.78, 5) is 12.4. The van der Waals surface area contributed by atoms with Gasteiger partial charge in [0.15, 0.2) is 11.5 Å². The van der Waals surface area contributed by atoms with Gasteiger partial charge in [-0.25, -0.2) is 13.1 Å². The van der Waals surface area contributed by atoms with Crippen LogP contribution in [0, 0.1) is 6.92 Å². The number of carbonyl (C=O) groups is 1. The summed E-state index contributed by atoms with van der Waals surface area (Å²) in [5.74, 6) is 1.07. The van der Waals surface area contributed by atoms with Gasteiger partial charge in [0, 0.05) is 23.4 Å². The van der Waals surface area contributed by atoms with Gasteiger partial charge in [-0.3, -0.25) is 4.79 Å². The fraction of sp³-hybridized carbons (Fsp3) is 0.250. The van der Waals surface area contributed by atoms with Gasteiger partial charge >= 0.3 is 0 Å². The Bertz CT molecular complexity index is 1030. The van der Waals surface area contributed by atoms with Crippen LogP contribution in [0.1, 0.15) is 11.1 Å². The molecule has 9 heteroatoms. The minimum absolute atomic E-state index is 0.100. The number of aryl methyl sites for hydroxylation is 1. The number of anilines is 1. The summed E-state index contributed by atoms with van der Waals surface area (Å²) in [5.41, 5.74) is 1.55. The van der Waals surface area contributed by atoms with Gasteiger partial charge in [-0.2, -0.15) is 0 Å². The van der Waals surface area contributed by atoms with Gasteiger partial charge in [-0.1, -0.05) is 6.07 Å². The maximum atomic E-state index is 12.3. The highest BCUT2D eigenvalue weighted by Gasteiger charge is 2.15. The monoisotopic (exact) mass is 420 g/mol. The molecule has 156 valence electrons. The molecule has 0 heterocycles. The second kappa shape index (κ2) is 9.44. The van der Waals surface area contributed by atoms with Crippen molar-refractivity contribution >= 4 is 27.7 Å². The molecule has 0 spiro atoms. The molecule has 0 saturated carbocycles. The van der Waals surface area contributed by atoms with Crippen molar-refractivity contribution in [3.05, 3.63) is 47.5 Å². The van der Waals surface area contributed by atoms with Crippen LogP contribution >= 0.6 is 0 Å². The number of sulfonamides is 1. The smallest absolute Gasteiger partial charge is 0.248 e. The molecule has 0 saturated heterocycles. The molecule has 0 bridgehead atoms. The molecule has 0 aliphatic carbocycles. The van der Waals surface area contributed by atoms with Crippen LogP contribution in [-0.4, -0.2) is 42.7 Å². The lowest BCUT2D eigenvalue weighted by Gasteiger charge is -2.12. The van der Waals surface area contributed by atoms with Crippen LogP contribution in [0.3, 0.4) is 0 Å². The zero-order valence-electron chi connectivity index (χ0n) is 16.9. The summed E-state index contributed by atoms with van der Waals surface area (Å²) in [6, 6.07) is 8.01. The van der Waals surface area contributed by atoms with E-state index in [4.69, 9.17) is 14.2 Å². The zero-order valence-corrected chi connectivity index (χ0v) is 17.7. The molecule has 8 nitrogen and oxygen atoms in total. The Hall–Kier alpha value is -3.04. The molecule has 0 atom stereocenters. The minimum Gasteiger partial charge on any atom is -0.496 e. The van der Waals surface area contributed by atoms with E-state index in [-0.39, 0.29) is 4.90 Å². The van der Waals surface area contributed by atoms with E-state index in [0.717, 1.165) is 0 Å². The average Bonchev–Trinajstić information content (AvgIpc) is 2.72. The standard InChI is InChI=1S/C20H24N2O6S/c1-13-6-8-15(11-19(13)29(24,25)21-2)22-20(23)9-7-14-10-17(27-4)18(28-5)12-16(14)26-3/h6-12,21H,1-5H3,(H,22,23)/b9-7+. The molecule has 29 heavy (non-hydrogen) atoms. The van der Waals surface area contributed by atoms with Gasteiger partial charge in [0.1, 0.15) is 5.75 Å². The molecule has 0 fully saturated rings. The van der Waals surface area contributed by atoms with Crippen molar-refractivity contribution in [2.24, 2.45) is 0 Å². The lowest BCUT2D eigenvalue weighted by molar-refractivity contribution is -0.111. The summed E-state index contributed by atoms with van der Waals surface area (Å²) >= 11 is 0. The Balaban J connectivity index is 2.26. The topological polar surface area (TPSA) is 103 Å². The third kappa shape index (κ3) is 5.27. The van der Waals surface area contributed by atoms with Crippen LogP contribution in [0.25, 0.3) is 6.08 Å². The molecule has 2 rings (SSSR count). The molecule has 2 N–H and O–H groups in total. The van der Waals surface area contributed by atoms with Crippen molar-refractivity contribution in [1.29, 1.82) is 0 Å². The molecule has 2 aromatic carbocycles. The lowest BCUT2D eigenvalue weighted by Crippen LogP contribution is -2.20. The van der Waals surface area contributed by atoms with Crippen LogP contribution in [0.2, 0.25) is 0 Å². The Morgan fingerprint density at radius 3 is 2.17 bits per heavy atom. The number of rotatable bonds is 8. The first-order chi connectivity index (χ1) is 13.7. The SMILES string of the molecule is CNS(=O)(=O)c1cc(NC(=O)/C=C/c2cc(OC)c(OC)cc2OC)ccc1C. The van der Waals surface area contributed by atoms with Gasteiger partial charge in [0.25, 0.3) is 0 Å². The molecule has 0 unspecified atom stereocenters. The zero-order chi connectivity index (χ0) is 21.6. The number of amides is 1. The van der Waals surface area contributed by atoms with E-state index in [1.54, 1.807) is 37.3 Å². The fourth-order valence-electron chi connectivity index (χ4n) is 2.61. The molecular weight excluding hydrogens is 396 g/mol. The first-order valence-corrected chi connectivity index (χ1v) is 10.1. The first kappa shape index (κ1) is 22.3. The van der Waals surface area contributed by atoms with E-state index in [2.05, 4.69) is 10.0 Å². The van der Waals surface area contributed by atoms with E-state index >= 15 is 0 Å². The number of methoxy groups -OCH3 is 3. The fourth-order valence-corrected chi connectivity index (χ4v) is 3.60. The number of benzene rings is 2. The first-order valence-electron chi connectivity index (χ1n) is 8.59. The van der Waals surface area contributed by atoms with Crippen molar-refractivity contribution in [3.8, 4) is 17.2 Å². The van der Waals surface area contributed by atoms with Gasteiger partial charge < -0.3 is 19.5 Å². The maximum Gasteiger partial charge on any atom is 0.248 e. The van der Waals surface area contributed by atoms with Crippen LogP contribution in [0.5, 0.6) is 17.2 Å². The Kier molecular flexibility index (Phi) is 7.24. The minimum atomic E-state index is -3.63. The third-order valence-corrected chi connectivity index (χ3v) is 5.72. The summed E-state index contributed by atoms with van der Waals surface area (Å²) in [5, 5.41) is 2.65. The van der Waals surface area contributed by atoms with Crippen molar-refractivity contribution in [2.75, 3.05) is 33.7 Å².